The van der Waals surface area contributed by atoms with Crippen LogP contribution in [0.2, 0.25) is 0 Å². The van der Waals surface area contributed by atoms with Crippen LogP contribution in [0.15, 0.2) is 71.9 Å². The van der Waals surface area contributed by atoms with Gasteiger partial charge in [-0.05, 0) is 40.8 Å². The minimum Gasteiger partial charge on any atom is -0.268 e. The topological polar surface area (TPSA) is 64.0 Å². The van der Waals surface area contributed by atoms with Crippen molar-refractivity contribution in [2.75, 3.05) is 0 Å². The second-order valence-corrected chi connectivity index (χ2v) is 8.29. The minimum absolute atomic E-state index is 0.242. The van der Waals surface area contributed by atoms with Gasteiger partial charge in [-0.1, -0.05) is 50.2 Å². The molecule has 6 heteroatoms. The molecule has 0 spiro atoms. The molecule has 0 saturated carbocycles. The van der Waals surface area contributed by atoms with Gasteiger partial charge in [0.1, 0.15) is 0 Å². The number of sulfonamides is 1. The molecule has 0 fully saturated rings. The summed E-state index contributed by atoms with van der Waals surface area (Å²) < 4.78 is 29.7. The van der Waals surface area contributed by atoms with E-state index < -0.39 is 10.0 Å². The second-order valence-electron chi connectivity index (χ2n) is 6.52. The lowest BCUT2D eigenvalue weighted by molar-refractivity contribution is 0.580. The van der Waals surface area contributed by atoms with E-state index in [4.69, 9.17) is 0 Å². The second kappa shape index (κ2) is 7.85. The molecule has 0 aliphatic heterocycles. The van der Waals surface area contributed by atoms with Gasteiger partial charge in [0.2, 0.25) is 10.0 Å². The summed E-state index contributed by atoms with van der Waals surface area (Å²) >= 11 is 0. The van der Waals surface area contributed by atoms with Crippen molar-refractivity contribution >= 4 is 10.0 Å². The molecule has 1 N–H and O–H groups in total. The SMILES string of the molecule is CC(C)c1ccc(S(=O)(=O)NCc2ccccc2Cn2cccn2)cc1. The molecule has 3 rings (SSSR count). The van der Waals surface area contributed by atoms with Crippen LogP contribution in [0.5, 0.6) is 0 Å². The Morgan fingerprint density at radius 2 is 1.69 bits per heavy atom. The van der Waals surface area contributed by atoms with Crippen LogP contribution in [0.25, 0.3) is 0 Å². The fraction of sp³-hybridized carbons (Fsp3) is 0.250. The van der Waals surface area contributed by atoms with E-state index in [1.165, 1.54) is 0 Å². The Kier molecular flexibility index (Phi) is 5.54. The molecule has 0 radical (unpaired) electrons. The molecule has 0 saturated heterocycles. The van der Waals surface area contributed by atoms with Gasteiger partial charge < -0.3 is 0 Å². The first-order valence-corrected chi connectivity index (χ1v) is 10.1. The quantitative estimate of drug-likeness (QED) is 0.693. The summed E-state index contributed by atoms with van der Waals surface area (Å²) in [5.74, 6) is 0.369. The molecule has 0 unspecified atom stereocenters. The van der Waals surface area contributed by atoms with E-state index in [2.05, 4.69) is 23.7 Å². The molecule has 0 aliphatic rings. The van der Waals surface area contributed by atoms with Gasteiger partial charge in [0.05, 0.1) is 11.4 Å². The highest BCUT2D eigenvalue weighted by Crippen LogP contribution is 2.18. The number of hydrogen-bond acceptors (Lipinski definition) is 3. The van der Waals surface area contributed by atoms with Crippen LogP contribution in [0.1, 0.15) is 36.5 Å². The summed E-state index contributed by atoms with van der Waals surface area (Å²) in [6.45, 7) is 5.01. The van der Waals surface area contributed by atoms with Crippen LogP contribution in [-0.4, -0.2) is 18.2 Å². The van der Waals surface area contributed by atoms with Gasteiger partial charge in [0, 0.05) is 18.9 Å². The molecule has 136 valence electrons. The zero-order chi connectivity index (χ0) is 18.6. The highest BCUT2D eigenvalue weighted by molar-refractivity contribution is 7.89. The number of aromatic nitrogens is 2. The highest BCUT2D eigenvalue weighted by atomic mass is 32.2. The smallest absolute Gasteiger partial charge is 0.240 e. The Hall–Kier alpha value is -2.44. The summed E-state index contributed by atoms with van der Waals surface area (Å²) in [5.41, 5.74) is 3.09. The summed E-state index contributed by atoms with van der Waals surface area (Å²) in [7, 11) is -3.55. The Morgan fingerprint density at radius 1 is 1.00 bits per heavy atom. The molecule has 2 aromatic carbocycles. The van der Waals surface area contributed by atoms with Crippen LogP contribution < -0.4 is 4.72 Å². The van der Waals surface area contributed by atoms with Gasteiger partial charge in [-0.15, -0.1) is 0 Å². The van der Waals surface area contributed by atoms with Gasteiger partial charge >= 0.3 is 0 Å². The summed E-state index contributed by atoms with van der Waals surface area (Å²) in [6.07, 6.45) is 3.61. The van der Waals surface area contributed by atoms with Crippen molar-refractivity contribution in [2.24, 2.45) is 0 Å². The Balaban J connectivity index is 1.73. The number of benzene rings is 2. The van der Waals surface area contributed by atoms with Gasteiger partial charge in [0.25, 0.3) is 0 Å². The Morgan fingerprint density at radius 3 is 2.31 bits per heavy atom. The number of hydrogen-bond donors (Lipinski definition) is 1. The van der Waals surface area contributed by atoms with E-state index in [1.54, 1.807) is 18.3 Å². The maximum atomic E-state index is 12.6. The zero-order valence-corrected chi connectivity index (χ0v) is 15.8. The van der Waals surface area contributed by atoms with Crippen molar-refractivity contribution < 1.29 is 8.42 Å². The Labute approximate surface area is 154 Å². The fourth-order valence-electron chi connectivity index (χ4n) is 2.74. The molecular formula is C20H23N3O2S. The van der Waals surface area contributed by atoms with Crippen molar-refractivity contribution in [1.29, 1.82) is 0 Å². The fourth-order valence-corrected chi connectivity index (χ4v) is 3.75. The van der Waals surface area contributed by atoms with Gasteiger partial charge in [-0.3, -0.25) is 4.68 Å². The molecule has 26 heavy (non-hydrogen) atoms. The van der Waals surface area contributed by atoms with Crippen LogP contribution in [0.3, 0.4) is 0 Å². The third kappa shape index (κ3) is 4.39. The van der Waals surface area contributed by atoms with Crippen molar-refractivity contribution in [3.63, 3.8) is 0 Å². The van der Waals surface area contributed by atoms with E-state index in [0.717, 1.165) is 16.7 Å². The molecule has 3 aromatic rings. The normalized spacial score (nSPS) is 11.8. The van der Waals surface area contributed by atoms with Crippen LogP contribution >= 0.6 is 0 Å². The Bertz CT molecular complexity index is 947. The monoisotopic (exact) mass is 369 g/mol. The molecular weight excluding hydrogens is 346 g/mol. The first-order chi connectivity index (χ1) is 12.5. The van der Waals surface area contributed by atoms with Crippen LogP contribution in [0.4, 0.5) is 0 Å². The highest BCUT2D eigenvalue weighted by Gasteiger charge is 2.15. The van der Waals surface area contributed by atoms with Gasteiger partial charge in [-0.25, -0.2) is 13.1 Å². The standard InChI is InChI=1S/C20H23N3O2S/c1-16(2)17-8-10-20(11-9-17)26(24,25)22-14-18-6-3-4-7-19(18)15-23-13-5-12-21-23/h3-13,16,22H,14-15H2,1-2H3. The lowest BCUT2D eigenvalue weighted by Gasteiger charge is -2.12. The largest absolute Gasteiger partial charge is 0.268 e. The number of nitrogens with one attached hydrogen (secondary N) is 1. The van der Waals surface area contributed by atoms with Crippen molar-refractivity contribution in [2.45, 2.75) is 37.8 Å². The van der Waals surface area contributed by atoms with Crippen LogP contribution in [0, 0.1) is 0 Å². The average molecular weight is 369 g/mol. The van der Waals surface area contributed by atoms with Crippen molar-refractivity contribution in [3.05, 3.63) is 83.7 Å². The van der Waals surface area contributed by atoms with Gasteiger partial charge in [0.15, 0.2) is 0 Å². The first kappa shape index (κ1) is 18.4. The van der Waals surface area contributed by atoms with Crippen molar-refractivity contribution in [3.8, 4) is 0 Å². The lowest BCUT2D eigenvalue weighted by Crippen LogP contribution is -2.24. The van der Waals surface area contributed by atoms with E-state index in [1.807, 2.05) is 53.3 Å². The molecule has 0 bridgehead atoms. The maximum Gasteiger partial charge on any atom is 0.240 e. The predicted molar refractivity (Wildman–Crippen MR) is 102 cm³/mol. The lowest BCUT2D eigenvalue weighted by atomic mass is 10.0. The summed E-state index contributed by atoms with van der Waals surface area (Å²) in [6, 6.07) is 16.7. The van der Waals surface area contributed by atoms with Crippen LogP contribution in [-0.2, 0) is 23.1 Å². The molecule has 0 aliphatic carbocycles. The molecule has 1 aromatic heterocycles. The summed E-state index contributed by atoms with van der Waals surface area (Å²) in [4.78, 5) is 0.284. The van der Waals surface area contributed by atoms with Crippen molar-refractivity contribution in [1.82, 2.24) is 14.5 Å². The molecule has 0 atom stereocenters. The minimum atomic E-state index is -3.55. The van der Waals surface area contributed by atoms with E-state index in [-0.39, 0.29) is 11.4 Å². The van der Waals surface area contributed by atoms with E-state index >= 15 is 0 Å². The first-order valence-electron chi connectivity index (χ1n) is 8.59. The third-order valence-electron chi connectivity index (χ3n) is 4.32. The average Bonchev–Trinajstić information content (AvgIpc) is 3.14. The van der Waals surface area contributed by atoms with E-state index in [0.29, 0.717) is 12.5 Å². The summed E-state index contributed by atoms with van der Waals surface area (Å²) in [5, 5.41) is 4.21. The molecule has 1 heterocycles. The van der Waals surface area contributed by atoms with E-state index in [9.17, 15) is 8.42 Å². The molecule has 0 amide bonds. The predicted octanol–water partition coefficient (Wildman–Crippen LogP) is 3.53. The maximum absolute atomic E-state index is 12.6. The van der Waals surface area contributed by atoms with Gasteiger partial charge in [-0.2, -0.15) is 5.10 Å². The molecule has 5 nitrogen and oxygen atoms in total. The number of rotatable bonds is 7. The third-order valence-corrected chi connectivity index (χ3v) is 5.74. The zero-order valence-electron chi connectivity index (χ0n) is 15.0. The number of nitrogens with zero attached hydrogens (tertiary/aromatic N) is 2.